The number of hydrogen-bond donors (Lipinski definition) is 2. The van der Waals surface area contributed by atoms with Crippen molar-refractivity contribution in [2.45, 2.75) is 64.6 Å². The van der Waals surface area contributed by atoms with Crippen LogP contribution < -0.4 is 11.1 Å². The second-order valence-electron chi connectivity index (χ2n) is 6.68. The van der Waals surface area contributed by atoms with Crippen LogP contribution in [0.4, 0.5) is 0 Å². The molecule has 0 saturated heterocycles. The van der Waals surface area contributed by atoms with Crippen LogP contribution in [0.25, 0.3) is 0 Å². The van der Waals surface area contributed by atoms with Gasteiger partial charge in [-0.2, -0.15) is 0 Å². The number of nitrogens with zero attached hydrogens (tertiary/aromatic N) is 1. The highest BCUT2D eigenvalue weighted by atomic mass is 16.2. The fourth-order valence-electron chi connectivity index (χ4n) is 3.24. The molecular weight excluding hydrogens is 286 g/mol. The Bertz CT molecular complexity index is 488. The lowest BCUT2D eigenvalue weighted by Crippen LogP contribution is -2.54. The first-order valence-corrected chi connectivity index (χ1v) is 8.94. The summed E-state index contributed by atoms with van der Waals surface area (Å²) in [6.07, 6.45) is 4.93. The van der Waals surface area contributed by atoms with Gasteiger partial charge in [0.15, 0.2) is 0 Å². The Hall–Kier alpha value is -1.39. The second kappa shape index (κ2) is 8.46. The molecule has 0 heterocycles. The maximum Gasteiger partial charge on any atom is 0.240 e. The molecule has 0 bridgehead atoms. The monoisotopic (exact) mass is 317 g/mol. The van der Waals surface area contributed by atoms with E-state index in [1.807, 2.05) is 0 Å². The van der Waals surface area contributed by atoms with Gasteiger partial charge in [0.2, 0.25) is 5.91 Å². The molecule has 23 heavy (non-hydrogen) atoms. The minimum atomic E-state index is -0.652. The van der Waals surface area contributed by atoms with Gasteiger partial charge in [0.25, 0.3) is 0 Å². The van der Waals surface area contributed by atoms with Gasteiger partial charge in [-0.05, 0) is 37.1 Å². The molecule has 0 aliphatic heterocycles. The van der Waals surface area contributed by atoms with Crippen molar-refractivity contribution in [1.82, 2.24) is 10.2 Å². The predicted octanol–water partition coefficient (Wildman–Crippen LogP) is 2.81. The summed E-state index contributed by atoms with van der Waals surface area (Å²) in [7, 11) is 0. The fraction of sp³-hybridized carbons (Fsp3) is 0.632. The smallest absolute Gasteiger partial charge is 0.240 e. The molecule has 4 heteroatoms. The third-order valence-corrected chi connectivity index (χ3v) is 4.97. The summed E-state index contributed by atoms with van der Waals surface area (Å²) in [4.78, 5) is 14.7. The van der Waals surface area contributed by atoms with Crippen LogP contribution >= 0.6 is 0 Å². The minimum absolute atomic E-state index is 0.00409. The van der Waals surface area contributed by atoms with E-state index in [9.17, 15) is 4.79 Å². The number of hydrogen-bond acceptors (Lipinski definition) is 3. The van der Waals surface area contributed by atoms with Crippen LogP contribution in [0.3, 0.4) is 0 Å². The molecule has 1 saturated carbocycles. The molecular formula is C19H31N3O. The Labute approximate surface area is 140 Å². The zero-order chi connectivity index (χ0) is 16.7. The number of nitrogens with two attached hydrogens (primary N) is 1. The van der Waals surface area contributed by atoms with Crippen molar-refractivity contribution in [3.63, 3.8) is 0 Å². The highest BCUT2D eigenvalue weighted by Gasteiger charge is 2.34. The van der Waals surface area contributed by atoms with E-state index in [4.69, 9.17) is 5.73 Å². The van der Waals surface area contributed by atoms with E-state index in [2.05, 4.69) is 48.3 Å². The Morgan fingerprint density at radius 1 is 1.09 bits per heavy atom. The average Bonchev–Trinajstić information content (AvgIpc) is 2.59. The molecule has 0 radical (unpaired) electrons. The molecule has 0 spiro atoms. The summed E-state index contributed by atoms with van der Waals surface area (Å²) >= 11 is 0. The van der Waals surface area contributed by atoms with Crippen LogP contribution in [0.5, 0.6) is 0 Å². The summed E-state index contributed by atoms with van der Waals surface area (Å²) in [5, 5.41) is 3.02. The van der Waals surface area contributed by atoms with Gasteiger partial charge in [0.05, 0.1) is 5.54 Å². The summed E-state index contributed by atoms with van der Waals surface area (Å²) < 4.78 is 0. The summed E-state index contributed by atoms with van der Waals surface area (Å²) in [6, 6.07) is 8.50. The van der Waals surface area contributed by atoms with Gasteiger partial charge < -0.3 is 11.1 Å². The maximum absolute atomic E-state index is 12.3. The number of amides is 1. The molecule has 0 atom stereocenters. The predicted molar refractivity (Wildman–Crippen MR) is 94.9 cm³/mol. The van der Waals surface area contributed by atoms with E-state index in [1.54, 1.807) is 0 Å². The Morgan fingerprint density at radius 2 is 1.65 bits per heavy atom. The standard InChI is InChI=1S/C19H31N3O/c1-3-22(4-2)15-17-10-8-16(9-11-17)14-21-18(23)19(20)12-6-5-7-13-19/h8-11H,3-7,12-15,20H2,1-2H3,(H,21,23). The molecule has 1 amide bonds. The Kier molecular flexibility index (Phi) is 6.60. The molecule has 128 valence electrons. The Balaban J connectivity index is 1.85. The first kappa shape index (κ1) is 18.0. The van der Waals surface area contributed by atoms with Crippen molar-refractivity contribution in [1.29, 1.82) is 0 Å². The largest absolute Gasteiger partial charge is 0.350 e. The van der Waals surface area contributed by atoms with Gasteiger partial charge in [-0.3, -0.25) is 9.69 Å². The van der Waals surface area contributed by atoms with Crippen molar-refractivity contribution in [3.8, 4) is 0 Å². The van der Waals surface area contributed by atoms with Crippen LogP contribution in [-0.2, 0) is 17.9 Å². The molecule has 1 aliphatic carbocycles. The van der Waals surface area contributed by atoms with E-state index < -0.39 is 5.54 Å². The lowest BCUT2D eigenvalue weighted by Gasteiger charge is -2.31. The van der Waals surface area contributed by atoms with Crippen LogP contribution in [-0.4, -0.2) is 29.4 Å². The minimum Gasteiger partial charge on any atom is -0.350 e. The van der Waals surface area contributed by atoms with Crippen molar-refractivity contribution in [3.05, 3.63) is 35.4 Å². The van der Waals surface area contributed by atoms with Crippen LogP contribution in [0, 0.1) is 0 Å². The van der Waals surface area contributed by atoms with Crippen LogP contribution in [0.15, 0.2) is 24.3 Å². The molecule has 1 aliphatic rings. The van der Waals surface area contributed by atoms with Gasteiger partial charge >= 0.3 is 0 Å². The first-order chi connectivity index (χ1) is 11.1. The highest BCUT2D eigenvalue weighted by molar-refractivity contribution is 5.86. The van der Waals surface area contributed by atoms with Crippen molar-refractivity contribution in [2.24, 2.45) is 5.73 Å². The maximum atomic E-state index is 12.3. The highest BCUT2D eigenvalue weighted by Crippen LogP contribution is 2.26. The third-order valence-electron chi connectivity index (χ3n) is 4.97. The summed E-state index contributed by atoms with van der Waals surface area (Å²) in [5.41, 5.74) is 8.04. The molecule has 0 aromatic heterocycles. The molecule has 3 N–H and O–H groups in total. The van der Waals surface area contributed by atoms with E-state index in [1.165, 1.54) is 12.0 Å². The zero-order valence-electron chi connectivity index (χ0n) is 14.6. The van der Waals surface area contributed by atoms with Gasteiger partial charge in [0, 0.05) is 13.1 Å². The van der Waals surface area contributed by atoms with Crippen LogP contribution in [0.1, 0.15) is 57.1 Å². The van der Waals surface area contributed by atoms with Gasteiger partial charge in [-0.1, -0.05) is 57.4 Å². The summed E-state index contributed by atoms with van der Waals surface area (Å²) in [6.45, 7) is 8.03. The Morgan fingerprint density at radius 3 is 2.22 bits per heavy atom. The number of carbonyl (C=O) groups excluding carboxylic acids is 1. The zero-order valence-corrected chi connectivity index (χ0v) is 14.6. The first-order valence-electron chi connectivity index (χ1n) is 8.94. The van der Waals surface area contributed by atoms with Crippen molar-refractivity contribution >= 4 is 5.91 Å². The average molecular weight is 317 g/mol. The van der Waals surface area contributed by atoms with Gasteiger partial charge in [-0.15, -0.1) is 0 Å². The molecule has 1 aromatic rings. The molecule has 4 nitrogen and oxygen atoms in total. The molecule has 2 rings (SSSR count). The molecule has 1 fully saturated rings. The SMILES string of the molecule is CCN(CC)Cc1ccc(CNC(=O)C2(N)CCCCC2)cc1. The van der Waals surface area contributed by atoms with E-state index >= 15 is 0 Å². The number of carbonyl (C=O) groups is 1. The molecule has 1 aromatic carbocycles. The number of rotatable bonds is 7. The van der Waals surface area contributed by atoms with Crippen LogP contribution in [0.2, 0.25) is 0 Å². The quantitative estimate of drug-likeness (QED) is 0.813. The molecule has 0 unspecified atom stereocenters. The van der Waals surface area contributed by atoms with Crippen molar-refractivity contribution in [2.75, 3.05) is 13.1 Å². The number of benzene rings is 1. The topological polar surface area (TPSA) is 58.4 Å². The van der Waals surface area contributed by atoms with E-state index in [0.717, 1.165) is 50.9 Å². The van der Waals surface area contributed by atoms with Gasteiger partial charge in [-0.25, -0.2) is 0 Å². The van der Waals surface area contributed by atoms with Crippen molar-refractivity contribution < 1.29 is 4.79 Å². The van der Waals surface area contributed by atoms with Gasteiger partial charge in [0.1, 0.15) is 0 Å². The van der Waals surface area contributed by atoms with E-state index in [0.29, 0.717) is 6.54 Å². The normalized spacial score (nSPS) is 17.2. The third kappa shape index (κ3) is 5.05. The fourth-order valence-corrected chi connectivity index (χ4v) is 3.24. The second-order valence-corrected chi connectivity index (χ2v) is 6.68. The lowest BCUT2D eigenvalue weighted by molar-refractivity contribution is -0.127. The lowest BCUT2D eigenvalue weighted by atomic mass is 9.82. The van der Waals surface area contributed by atoms with E-state index in [-0.39, 0.29) is 5.91 Å². The number of nitrogens with one attached hydrogen (secondary N) is 1. The summed E-state index contributed by atoms with van der Waals surface area (Å²) in [5.74, 6) is 0.00409.